The lowest BCUT2D eigenvalue weighted by Gasteiger charge is -2.08. The van der Waals surface area contributed by atoms with E-state index in [1.54, 1.807) is 18.2 Å². The highest BCUT2D eigenvalue weighted by atomic mass is 79.9. The fraction of sp³-hybridized carbons (Fsp3) is 0.133. The molecule has 110 valence electrons. The first-order valence-corrected chi connectivity index (χ1v) is 8.16. The van der Waals surface area contributed by atoms with E-state index in [9.17, 15) is 13.4 Å². The van der Waals surface area contributed by atoms with E-state index < -0.39 is 16.8 Å². The molecule has 0 heterocycles. The second kappa shape index (κ2) is 6.49. The Hall–Kier alpha value is -1.53. The molecule has 0 fully saturated rings. The molecule has 0 radical (unpaired) electrons. The highest BCUT2D eigenvalue weighted by Gasteiger charge is 2.13. The molecule has 0 aliphatic heterocycles. The summed E-state index contributed by atoms with van der Waals surface area (Å²) in [5.74, 6) is -1.33. The minimum absolute atomic E-state index is 0.0526. The highest BCUT2D eigenvalue weighted by molar-refractivity contribution is 9.10. The predicted molar refractivity (Wildman–Crippen MR) is 82.4 cm³/mol. The number of aromatic carboxylic acids is 1. The van der Waals surface area contributed by atoms with Crippen molar-refractivity contribution in [1.29, 1.82) is 0 Å². The molecule has 0 spiro atoms. The summed E-state index contributed by atoms with van der Waals surface area (Å²) >= 11 is 3.14. The van der Waals surface area contributed by atoms with Crippen LogP contribution in [0.2, 0.25) is 0 Å². The van der Waals surface area contributed by atoms with Gasteiger partial charge in [0.1, 0.15) is 5.82 Å². The standard InChI is InChI=1S/C15H12BrFO3S/c1-9-2-3-11(17)6-10(9)8-21(20)12-4-5-14(16)13(7-12)15(18)19/h2-7H,8H2,1H3,(H,18,19). The van der Waals surface area contributed by atoms with Crippen LogP contribution >= 0.6 is 15.9 Å². The molecule has 1 atom stereocenters. The third-order valence-corrected chi connectivity index (χ3v) is 5.07. The van der Waals surface area contributed by atoms with Crippen molar-refractivity contribution in [1.82, 2.24) is 0 Å². The highest BCUT2D eigenvalue weighted by Crippen LogP contribution is 2.22. The van der Waals surface area contributed by atoms with E-state index in [4.69, 9.17) is 5.11 Å². The topological polar surface area (TPSA) is 54.4 Å². The molecular weight excluding hydrogens is 359 g/mol. The fourth-order valence-electron chi connectivity index (χ4n) is 1.83. The van der Waals surface area contributed by atoms with Gasteiger partial charge in [0.2, 0.25) is 0 Å². The van der Waals surface area contributed by atoms with E-state index in [0.29, 0.717) is 14.9 Å². The second-order valence-electron chi connectivity index (χ2n) is 4.51. The summed E-state index contributed by atoms with van der Waals surface area (Å²) < 4.78 is 26.0. The van der Waals surface area contributed by atoms with Gasteiger partial charge in [0.15, 0.2) is 0 Å². The zero-order chi connectivity index (χ0) is 15.6. The van der Waals surface area contributed by atoms with E-state index in [2.05, 4.69) is 15.9 Å². The molecule has 2 rings (SSSR count). The van der Waals surface area contributed by atoms with Gasteiger partial charge in [-0.3, -0.25) is 4.21 Å². The number of aryl methyl sites for hydroxylation is 1. The normalized spacial score (nSPS) is 12.1. The van der Waals surface area contributed by atoms with Gasteiger partial charge in [-0.05, 0) is 64.3 Å². The van der Waals surface area contributed by atoms with E-state index in [-0.39, 0.29) is 17.1 Å². The molecule has 0 aromatic heterocycles. The number of carboxylic acids is 1. The van der Waals surface area contributed by atoms with Crippen molar-refractivity contribution in [2.45, 2.75) is 17.6 Å². The maximum Gasteiger partial charge on any atom is 0.336 e. The van der Waals surface area contributed by atoms with Gasteiger partial charge in [0, 0.05) is 9.37 Å². The van der Waals surface area contributed by atoms with Crippen LogP contribution in [0.25, 0.3) is 0 Å². The Bertz CT molecular complexity index is 731. The zero-order valence-corrected chi connectivity index (χ0v) is 13.5. The van der Waals surface area contributed by atoms with Crippen LogP contribution in [0.15, 0.2) is 45.8 Å². The third-order valence-electron chi connectivity index (χ3n) is 3.03. The van der Waals surface area contributed by atoms with Crippen LogP contribution < -0.4 is 0 Å². The second-order valence-corrected chi connectivity index (χ2v) is 6.81. The molecule has 0 amide bonds. The number of carboxylic acid groups (broad SMARTS) is 1. The summed E-state index contributed by atoms with van der Waals surface area (Å²) in [7, 11) is -1.44. The molecule has 0 aliphatic carbocycles. The van der Waals surface area contributed by atoms with Crippen molar-refractivity contribution in [2.24, 2.45) is 0 Å². The maximum atomic E-state index is 13.2. The van der Waals surface area contributed by atoms with Crippen LogP contribution in [-0.4, -0.2) is 15.3 Å². The molecule has 1 N–H and O–H groups in total. The lowest BCUT2D eigenvalue weighted by molar-refractivity contribution is 0.0695. The molecule has 0 aliphatic rings. The number of carbonyl (C=O) groups is 1. The minimum atomic E-state index is -1.44. The fourth-order valence-corrected chi connectivity index (χ4v) is 3.48. The molecule has 0 saturated heterocycles. The van der Waals surface area contributed by atoms with Crippen LogP contribution in [0, 0.1) is 12.7 Å². The van der Waals surface area contributed by atoms with E-state index in [1.807, 2.05) is 6.92 Å². The Morgan fingerprint density at radius 2 is 2.00 bits per heavy atom. The predicted octanol–water partition coefficient (Wildman–Crippen LogP) is 3.90. The average Bonchev–Trinajstić information content (AvgIpc) is 2.43. The first-order chi connectivity index (χ1) is 9.88. The molecule has 3 nitrogen and oxygen atoms in total. The van der Waals surface area contributed by atoms with E-state index in [0.717, 1.165) is 5.56 Å². The summed E-state index contributed by atoms with van der Waals surface area (Å²) in [5.41, 5.74) is 1.55. The van der Waals surface area contributed by atoms with Crippen LogP contribution in [0.4, 0.5) is 4.39 Å². The quantitative estimate of drug-likeness (QED) is 0.887. The van der Waals surface area contributed by atoms with Gasteiger partial charge in [-0.2, -0.15) is 0 Å². The number of rotatable bonds is 4. The summed E-state index contributed by atoms with van der Waals surface area (Å²) in [4.78, 5) is 11.5. The van der Waals surface area contributed by atoms with Crippen molar-refractivity contribution in [3.8, 4) is 0 Å². The van der Waals surface area contributed by atoms with Gasteiger partial charge in [-0.25, -0.2) is 9.18 Å². The molecule has 1 unspecified atom stereocenters. The lowest BCUT2D eigenvalue weighted by Crippen LogP contribution is -2.03. The molecule has 6 heteroatoms. The Kier molecular flexibility index (Phi) is 4.90. The molecule has 0 saturated carbocycles. The van der Waals surface area contributed by atoms with Crippen molar-refractivity contribution < 1.29 is 18.5 Å². The van der Waals surface area contributed by atoms with Crippen molar-refractivity contribution >= 4 is 32.7 Å². The van der Waals surface area contributed by atoms with E-state index >= 15 is 0 Å². The van der Waals surface area contributed by atoms with Gasteiger partial charge in [-0.15, -0.1) is 0 Å². The Morgan fingerprint density at radius 3 is 2.67 bits per heavy atom. The van der Waals surface area contributed by atoms with Crippen molar-refractivity contribution in [3.63, 3.8) is 0 Å². The van der Waals surface area contributed by atoms with Crippen molar-refractivity contribution in [2.75, 3.05) is 0 Å². The monoisotopic (exact) mass is 370 g/mol. The first-order valence-electron chi connectivity index (χ1n) is 6.04. The smallest absolute Gasteiger partial charge is 0.336 e. The number of halogens is 2. The van der Waals surface area contributed by atoms with Gasteiger partial charge >= 0.3 is 5.97 Å². The third kappa shape index (κ3) is 3.77. The first kappa shape index (κ1) is 15.9. The van der Waals surface area contributed by atoms with Gasteiger partial charge in [0.25, 0.3) is 0 Å². The molecule has 0 bridgehead atoms. The maximum absolute atomic E-state index is 13.2. The van der Waals surface area contributed by atoms with Gasteiger partial charge < -0.3 is 5.11 Å². The molecular formula is C15H12BrFO3S. The zero-order valence-electron chi connectivity index (χ0n) is 11.1. The number of hydrogen-bond acceptors (Lipinski definition) is 2. The Labute approximate surface area is 132 Å². The van der Waals surface area contributed by atoms with Gasteiger partial charge in [0.05, 0.1) is 22.1 Å². The summed E-state index contributed by atoms with van der Waals surface area (Å²) in [5, 5.41) is 9.06. The van der Waals surface area contributed by atoms with Crippen LogP contribution in [0.5, 0.6) is 0 Å². The lowest BCUT2D eigenvalue weighted by atomic mass is 10.1. The molecule has 2 aromatic carbocycles. The Morgan fingerprint density at radius 1 is 1.29 bits per heavy atom. The number of benzene rings is 2. The minimum Gasteiger partial charge on any atom is -0.478 e. The number of hydrogen-bond donors (Lipinski definition) is 1. The Balaban J connectivity index is 2.30. The summed E-state index contributed by atoms with van der Waals surface area (Å²) in [6.45, 7) is 1.82. The van der Waals surface area contributed by atoms with Gasteiger partial charge in [-0.1, -0.05) is 6.07 Å². The summed E-state index contributed by atoms with van der Waals surface area (Å²) in [6, 6.07) is 8.85. The van der Waals surface area contributed by atoms with Crippen LogP contribution in [0.1, 0.15) is 21.5 Å². The molecule has 2 aromatic rings. The summed E-state index contributed by atoms with van der Waals surface area (Å²) in [6.07, 6.45) is 0. The van der Waals surface area contributed by atoms with Crippen LogP contribution in [-0.2, 0) is 16.6 Å². The SMILES string of the molecule is Cc1ccc(F)cc1CS(=O)c1ccc(Br)c(C(=O)O)c1. The van der Waals surface area contributed by atoms with Crippen molar-refractivity contribution in [3.05, 3.63) is 63.4 Å². The average molecular weight is 371 g/mol. The largest absolute Gasteiger partial charge is 0.478 e. The van der Waals surface area contributed by atoms with E-state index in [1.165, 1.54) is 18.2 Å². The van der Waals surface area contributed by atoms with Crippen LogP contribution in [0.3, 0.4) is 0 Å². The molecule has 21 heavy (non-hydrogen) atoms.